The lowest BCUT2D eigenvalue weighted by atomic mass is 9.76. The number of imidazole rings is 1. The Labute approximate surface area is 336 Å². The summed E-state index contributed by atoms with van der Waals surface area (Å²) >= 11 is 12.9. The number of hydrogen-bond acceptors (Lipinski definition) is 9. The van der Waals surface area contributed by atoms with E-state index >= 15 is 0 Å². The van der Waals surface area contributed by atoms with Crippen LogP contribution >= 0.6 is 23.2 Å². The number of para-hydroxylation sites is 2. The van der Waals surface area contributed by atoms with E-state index in [1.165, 1.54) is 14.2 Å². The van der Waals surface area contributed by atoms with E-state index in [9.17, 15) is 14.4 Å². The molecule has 1 unspecified atom stereocenters. The number of carbonyl (C=O) groups is 3. The fraction of sp³-hybridized carbons (Fsp3) is 0.395. The van der Waals surface area contributed by atoms with Gasteiger partial charge in [-0.05, 0) is 106 Å². The molecule has 7 rings (SSSR count). The maximum Gasteiger partial charge on any atom is 0.311 e. The van der Waals surface area contributed by atoms with Crippen molar-refractivity contribution < 1.29 is 33.0 Å². The zero-order chi connectivity index (χ0) is 39.4. The van der Waals surface area contributed by atoms with Crippen molar-refractivity contribution in [3.05, 3.63) is 106 Å². The molecule has 0 radical (unpaired) electrons. The van der Waals surface area contributed by atoms with E-state index in [4.69, 9.17) is 46.8 Å². The standard InChI is InChI=1S/C43H46Cl2N4O7/c1-4-8-38(50)56-37-24-29(23-36(53-2)40(37)54-3)42(52)48-21-17-43(27-48,30-12-13-32(44)33(45)25-30)16-20-47-18-14-28(15-19-47)39(51)41-46-34-10-5-6-11-35(34)49(41)26-31-9-7-22-55-31/h5-7,9-13,22-25,28H,4,8,14-21,26-27H2,1-3H3. The number of fused-ring (bicyclic) bond motifs is 1. The average molecular weight is 802 g/mol. The Hall–Kier alpha value is -4.84. The Morgan fingerprint density at radius 3 is 2.43 bits per heavy atom. The fourth-order valence-corrected chi connectivity index (χ4v) is 8.40. The molecule has 0 N–H and O–H groups in total. The first kappa shape index (κ1) is 39.4. The highest BCUT2D eigenvalue weighted by Gasteiger charge is 2.42. The molecule has 1 amide bonds. The minimum atomic E-state index is -0.421. The molecule has 294 valence electrons. The van der Waals surface area contributed by atoms with Crippen molar-refractivity contribution in [3.8, 4) is 17.2 Å². The minimum absolute atomic E-state index is 0.0584. The highest BCUT2D eigenvalue weighted by atomic mass is 35.5. The van der Waals surface area contributed by atoms with Crippen LogP contribution in [0.15, 0.2) is 77.4 Å². The predicted octanol–water partition coefficient (Wildman–Crippen LogP) is 8.48. The Morgan fingerprint density at radius 2 is 1.71 bits per heavy atom. The second kappa shape index (κ2) is 17.1. The summed E-state index contributed by atoms with van der Waals surface area (Å²) in [4.78, 5) is 49.7. The number of esters is 1. The zero-order valence-electron chi connectivity index (χ0n) is 31.9. The summed E-state index contributed by atoms with van der Waals surface area (Å²) in [6, 6.07) is 20.5. The molecule has 2 aliphatic heterocycles. The number of ketones is 1. The van der Waals surface area contributed by atoms with Crippen LogP contribution in [0.4, 0.5) is 0 Å². The van der Waals surface area contributed by atoms with Crippen molar-refractivity contribution in [3.63, 3.8) is 0 Å². The summed E-state index contributed by atoms with van der Waals surface area (Å²) in [6.45, 7) is 5.58. The van der Waals surface area contributed by atoms with Gasteiger partial charge in [-0.25, -0.2) is 4.98 Å². The van der Waals surface area contributed by atoms with Gasteiger partial charge in [-0.15, -0.1) is 0 Å². The summed E-state index contributed by atoms with van der Waals surface area (Å²) in [5.41, 5.74) is 2.64. The van der Waals surface area contributed by atoms with Crippen LogP contribution in [-0.4, -0.2) is 84.0 Å². The first-order valence-electron chi connectivity index (χ1n) is 19.1. The first-order chi connectivity index (χ1) is 27.1. The van der Waals surface area contributed by atoms with Gasteiger partial charge in [0, 0.05) is 36.4 Å². The van der Waals surface area contributed by atoms with Crippen molar-refractivity contribution in [2.75, 3.05) is 46.9 Å². The molecule has 0 saturated carbocycles. The third kappa shape index (κ3) is 8.17. The molecule has 4 heterocycles. The highest BCUT2D eigenvalue weighted by molar-refractivity contribution is 6.42. The quantitative estimate of drug-likeness (QED) is 0.0620. The Balaban J connectivity index is 1.06. The number of Topliss-reactive ketones (excluding diaryl/α,β-unsaturated/α-hetero) is 1. The first-order valence-corrected chi connectivity index (χ1v) is 19.8. The lowest BCUT2D eigenvalue weighted by Gasteiger charge is -2.36. The third-order valence-corrected chi connectivity index (χ3v) is 11.9. The highest BCUT2D eigenvalue weighted by Crippen LogP contribution is 2.43. The normalized spacial score (nSPS) is 17.7. The fourth-order valence-electron chi connectivity index (χ4n) is 8.10. The maximum absolute atomic E-state index is 14.2. The number of aromatic nitrogens is 2. The molecule has 56 heavy (non-hydrogen) atoms. The number of nitrogens with zero attached hydrogens (tertiary/aromatic N) is 4. The van der Waals surface area contributed by atoms with Gasteiger partial charge in [0.25, 0.3) is 5.91 Å². The minimum Gasteiger partial charge on any atom is -0.493 e. The average Bonchev–Trinajstić information content (AvgIpc) is 3.98. The molecule has 1 atom stereocenters. The third-order valence-electron chi connectivity index (χ3n) is 11.2. The zero-order valence-corrected chi connectivity index (χ0v) is 33.4. The topological polar surface area (TPSA) is 116 Å². The van der Waals surface area contributed by atoms with E-state index in [-0.39, 0.29) is 35.5 Å². The number of hydrogen-bond donors (Lipinski definition) is 0. The van der Waals surface area contributed by atoms with Crippen LogP contribution in [0.2, 0.25) is 10.0 Å². The molecule has 3 aromatic carbocycles. The van der Waals surface area contributed by atoms with Gasteiger partial charge >= 0.3 is 5.97 Å². The number of furan rings is 1. The Morgan fingerprint density at radius 1 is 0.929 bits per heavy atom. The molecular formula is C43H46Cl2N4O7. The number of methoxy groups -OCH3 is 2. The number of benzene rings is 3. The predicted molar refractivity (Wildman–Crippen MR) is 214 cm³/mol. The van der Waals surface area contributed by atoms with Crippen molar-refractivity contribution in [2.24, 2.45) is 5.92 Å². The van der Waals surface area contributed by atoms with Crippen LogP contribution < -0.4 is 14.2 Å². The molecule has 0 aliphatic carbocycles. The Kier molecular flexibility index (Phi) is 12.0. The maximum atomic E-state index is 14.2. The smallest absolute Gasteiger partial charge is 0.311 e. The van der Waals surface area contributed by atoms with Crippen molar-refractivity contribution in [2.45, 2.75) is 57.4 Å². The van der Waals surface area contributed by atoms with Gasteiger partial charge in [-0.3, -0.25) is 14.4 Å². The molecule has 2 aromatic heterocycles. The summed E-state index contributed by atoms with van der Waals surface area (Å²) in [7, 11) is 2.94. The van der Waals surface area contributed by atoms with E-state index in [2.05, 4.69) is 4.90 Å². The monoisotopic (exact) mass is 800 g/mol. The van der Waals surface area contributed by atoms with E-state index in [1.807, 2.05) is 71.0 Å². The largest absolute Gasteiger partial charge is 0.493 e. The molecule has 11 nitrogen and oxygen atoms in total. The summed E-state index contributed by atoms with van der Waals surface area (Å²) in [6.07, 6.45) is 5.40. The molecule has 5 aromatic rings. The number of piperidine rings is 1. The van der Waals surface area contributed by atoms with Gasteiger partial charge in [-0.1, -0.05) is 48.3 Å². The van der Waals surface area contributed by atoms with E-state index < -0.39 is 11.4 Å². The van der Waals surface area contributed by atoms with Crippen LogP contribution in [0.3, 0.4) is 0 Å². The van der Waals surface area contributed by atoms with Crippen molar-refractivity contribution in [1.82, 2.24) is 19.4 Å². The SMILES string of the molecule is CCCC(=O)Oc1cc(C(=O)N2CCC(CCN3CCC(C(=O)c4nc5ccccc5n4Cc4ccco4)CC3)(c3ccc(Cl)c(Cl)c3)C2)cc(OC)c1OC. The van der Waals surface area contributed by atoms with Gasteiger partial charge in [0.15, 0.2) is 17.3 Å². The van der Waals surface area contributed by atoms with Crippen LogP contribution in [-0.2, 0) is 16.8 Å². The van der Waals surface area contributed by atoms with Gasteiger partial charge in [-0.2, -0.15) is 0 Å². The van der Waals surface area contributed by atoms with E-state index in [1.54, 1.807) is 18.4 Å². The molecule has 13 heteroatoms. The van der Waals surface area contributed by atoms with Crippen molar-refractivity contribution in [1.29, 1.82) is 0 Å². The van der Waals surface area contributed by atoms with Gasteiger partial charge in [0.1, 0.15) is 5.76 Å². The molecule has 0 bridgehead atoms. The number of carbonyl (C=O) groups excluding carboxylic acids is 3. The van der Waals surface area contributed by atoms with Crippen LogP contribution in [0.5, 0.6) is 17.2 Å². The van der Waals surface area contributed by atoms with E-state index in [0.717, 1.165) is 61.3 Å². The second-order valence-electron chi connectivity index (χ2n) is 14.6. The summed E-state index contributed by atoms with van der Waals surface area (Å²) in [5.74, 6) is 1.20. The van der Waals surface area contributed by atoms with Crippen LogP contribution in [0, 0.1) is 5.92 Å². The van der Waals surface area contributed by atoms with E-state index in [0.29, 0.717) is 59.7 Å². The number of rotatable bonds is 14. The molecule has 2 aliphatic rings. The molecular weight excluding hydrogens is 755 g/mol. The molecule has 0 spiro atoms. The van der Waals surface area contributed by atoms with Gasteiger partial charge in [0.2, 0.25) is 11.5 Å². The summed E-state index contributed by atoms with van der Waals surface area (Å²) < 4.78 is 24.3. The number of ether oxygens (including phenoxy) is 3. The van der Waals surface area contributed by atoms with Crippen LogP contribution in [0.1, 0.15) is 77.7 Å². The second-order valence-corrected chi connectivity index (χ2v) is 15.5. The lowest BCUT2D eigenvalue weighted by molar-refractivity contribution is -0.134. The number of halogens is 2. The Bertz CT molecular complexity index is 2210. The lowest BCUT2D eigenvalue weighted by Crippen LogP contribution is -2.41. The van der Waals surface area contributed by atoms with Crippen LogP contribution in [0.25, 0.3) is 11.0 Å². The van der Waals surface area contributed by atoms with Crippen molar-refractivity contribution >= 4 is 51.9 Å². The number of likely N-dealkylation sites (tertiary alicyclic amines) is 2. The number of amides is 1. The van der Waals surface area contributed by atoms with Gasteiger partial charge in [0.05, 0.1) is 48.1 Å². The summed E-state index contributed by atoms with van der Waals surface area (Å²) in [5, 5.41) is 0.931. The molecule has 2 saturated heterocycles. The molecule has 2 fully saturated rings. The van der Waals surface area contributed by atoms with Gasteiger partial charge < -0.3 is 33.0 Å².